The molecule has 0 unspecified atom stereocenters. The molecule has 146 valence electrons. The predicted octanol–water partition coefficient (Wildman–Crippen LogP) is 3.83. The average Bonchev–Trinajstić information content (AvgIpc) is 3.16. The highest BCUT2D eigenvalue weighted by Crippen LogP contribution is 2.30. The maximum Gasteiger partial charge on any atom is 0.248 e. The summed E-state index contributed by atoms with van der Waals surface area (Å²) >= 11 is 1.52. The third-order valence-electron chi connectivity index (χ3n) is 3.78. The van der Waals surface area contributed by atoms with Gasteiger partial charge in [-0.2, -0.15) is 4.31 Å². The van der Waals surface area contributed by atoms with Gasteiger partial charge in [0.15, 0.2) is 0 Å². The van der Waals surface area contributed by atoms with Gasteiger partial charge in [0.2, 0.25) is 15.9 Å². The molecular weight excluding hydrogens is 384 g/mol. The van der Waals surface area contributed by atoms with Crippen molar-refractivity contribution in [2.45, 2.75) is 25.7 Å². The lowest BCUT2D eigenvalue weighted by atomic mass is 10.3. The van der Waals surface area contributed by atoms with E-state index in [1.54, 1.807) is 39.0 Å². The van der Waals surface area contributed by atoms with Crippen LogP contribution in [-0.4, -0.2) is 38.3 Å². The van der Waals surface area contributed by atoms with Crippen LogP contribution in [0.4, 0.5) is 5.69 Å². The fourth-order valence-corrected chi connectivity index (χ4v) is 4.73. The van der Waals surface area contributed by atoms with Crippen LogP contribution in [0, 0.1) is 0 Å². The maximum atomic E-state index is 12.9. The molecule has 1 amide bonds. The molecule has 1 heterocycles. The lowest BCUT2D eigenvalue weighted by molar-refractivity contribution is -0.111. The topological polar surface area (TPSA) is 75.7 Å². The number of hydrogen-bond acceptors (Lipinski definition) is 5. The fraction of sp³-hybridized carbons (Fsp3) is 0.316. The summed E-state index contributed by atoms with van der Waals surface area (Å²) in [5, 5.41) is 4.63. The summed E-state index contributed by atoms with van der Waals surface area (Å²) in [5.74, 6) is -0.0599. The van der Waals surface area contributed by atoms with Crippen molar-refractivity contribution in [1.82, 2.24) is 4.31 Å². The van der Waals surface area contributed by atoms with Crippen LogP contribution in [0.1, 0.15) is 25.6 Å². The molecule has 0 aliphatic rings. The van der Waals surface area contributed by atoms with Gasteiger partial charge in [-0.3, -0.25) is 4.79 Å². The molecule has 2 rings (SSSR count). The molecule has 8 heteroatoms. The maximum absolute atomic E-state index is 12.9. The smallest absolute Gasteiger partial charge is 0.248 e. The Morgan fingerprint density at radius 2 is 1.96 bits per heavy atom. The average molecular weight is 409 g/mol. The van der Waals surface area contributed by atoms with Gasteiger partial charge in [0, 0.05) is 29.7 Å². The first-order valence-electron chi connectivity index (χ1n) is 8.71. The van der Waals surface area contributed by atoms with Crippen molar-refractivity contribution in [2.24, 2.45) is 0 Å². The minimum Gasteiger partial charge on any atom is -0.492 e. The number of nitrogens with zero attached hydrogens (tertiary/aromatic N) is 1. The van der Waals surface area contributed by atoms with Gasteiger partial charge in [-0.05, 0) is 42.6 Å². The molecule has 0 bridgehead atoms. The summed E-state index contributed by atoms with van der Waals surface area (Å²) < 4.78 is 32.7. The van der Waals surface area contributed by atoms with E-state index < -0.39 is 10.0 Å². The number of anilines is 1. The Morgan fingerprint density at radius 3 is 2.56 bits per heavy atom. The van der Waals surface area contributed by atoms with Gasteiger partial charge in [-0.15, -0.1) is 11.3 Å². The number of benzene rings is 1. The molecule has 0 radical (unpaired) electrons. The SMILES string of the molecule is CCOc1ccc(NC(=O)/C=C/c2cccs2)cc1S(=O)(=O)N(CC)CC. The van der Waals surface area contributed by atoms with Crippen molar-refractivity contribution >= 4 is 39.0 Å². The highest BCUT2D eigenvalue weighted by molar-refractivity contribution is 7.89. The second-order valence-corrected chi connectivity index (χ2v) is 8.41. The Balaban J connectivity index is 2.30. The molecule has 0 saturated heterocycles. The van der Waals surface area contributed by atoms with Crippen LogP contribution in [0.25, 0.3) is 6.08 Å². The molecule has 1 aromatic carbocycles. The molecule has 0 saturated carbocycles. The van der Waals surface area contributed by atoms with Crippen LogP contribution < -0.4 is 10.1 Å². The van der Waals surface area contributed by atoms with E-state index >= 15 is 0 Å². The summed E-state index contributed by atoms with van der Waals surface area (Å²) in [6.45, 7) is 6.40. The fourth-order valence-electron chi connectivity index (χ4n) is 2.49. The van der Waals surface area contributed by atoms with Crippen LogP contribution >= 0.6 is 11.3 Å². The van der Waals surface area contributed by atoms with Crippen LogP contribution in [-0.2, 0) is 14.8 Å². The van der Waals surface area contributed by atoms with Crippen molar-refractivity contribution in [3.05, 3.63) is 46.7 Å². The Bertz CT molecular complexity index is 886. The molecule has 2 aromatic rings. The quantitative estimate of drug-likeness (QED) is 0.640. The predicted molar refractivity (Wildman–Crippen MR) is 110 cm³/mol. The van der Waals surface area contributed by atoms with Crippen molar-refractivity contribution in [1.29, 1.82) is 0 Å². The number of carbonyl (C=O) groups is 1. The molecule has 0 atom stereocenters. The second-order valence-electron chi connectivity index (χ2n) is 5.52. The number of amides is 1. The Labute approximate surface area is 164 Å². The standard InChI is InChI=1S/C19H24N2O4S2/c1-4-21(5-2)27(23,24)18-14-15(9-11-17(18)25-6-3)20-19(22)12-10-16-8-7-13-26-16/h7-14H,4-6H2,1-3H3,(H,20,22)/b12-10+. The molecule has 0 aliphatic carbocycles. The zero-order valence-corrected chi connectivity index (χ0v) is 17.3. The Hall–Kier alpha value is -2.16. The zero-order chi connectivity index (χ0) is 19.9. The summed E-state index contributed by atoms with van der Waals surface area (Å²) in [6.07, 6.45) is 3.13. The molecule has 1 aromatic heterocycles. The lowest BCUT2D eigenvalue weighted by Crippen LogP contribution is -2.31. The monoisotopic (exact) mass is 408 g/mol. The number of nitrogens with one attached hydrogen (secondary N) is 1. The van der Waals surface area contributed by atoms with Crippen LogP contribution in [0.2, 0.25) is 0 Å². The normalized spacial score (nSPS) is 11.9. The van der Waals surface area contributed by atoms with E-state index in [1.165, 1.54) is 27.8 Å². The van der Waals surface area contributed by atoms with Gasteiger partial charge in [0.05, 0.1) is 6.61 Å². The molecule has 6 nitrogen and oxygen atoms in total. The van der Waals surface area contributed by atoms with Crippen molar-refractivity contribution in [2.75, 3.05) is 25.0 Å². The molecule has 1 N–H and O–H groups in total. The summed E-state index contributed by atoms with van der Waals surface area (Å²) in [7, 11) is -3.72. The molecule has 0 fully saturated rings. The summed E-state index contributed by atoms with van der Waals surface area (Å²) in [4.78, 5) is 13.2. The van der Waals surface area contributed by atoms with Gasteiger partial charge in [-0.1, -0.05) is 19.9 Å². The molecule has 0 spiro atoms. The first kappa shape index (κ1) is 21.1. The zero-order valence-electron chi connectivity index (χ0n) is 15.6. The van der Waals surface area contributed by atoms with Crippen LogP contribution in [0.15, 0.2) is 46.7 Å². The number of sulfonamides is 1. The van der Waals surface area contributed by atoms with E-state index in [0.29, 0.717) is 25.4 Å². The van der Waals surface area contributed by atoms with Gasteiger partial charge in [0.25, 0.3) is 0 Å². The summed E-state index contributed by atoms with van der Waals surface area (Å²) in [6, 6.07) is 8.44. The Kier molecular flexibility index (Phi) is 7.58. The van der Waals surface area contributed by atoms with Gasteiger partial charge < -0.3 is 10.1 Å². The largest absolute Gasteiger partial charge is 0.492 e. The highest BCUT2D eigenvalue weighted by atomic mass is 32.2. The number of thiophene rings is 1. The van der Waals surface area contributed by atoms with E-state index in [2.05, 4.69) is 5.32 Å². The number of ether oxygens (including phenoxy) is 1. The molecular formula is C19H24N2O4S2. The summed E-state index contributed by atoms with van der Waals surface area (Å²) in [5.41, 5.74) is 0.394. The van der Waals surface area contributed by atoms with E-state index in [9.17, 15) is 13.2 Å². The highest BCUT2D eigenvalue weighted by Gasteiger charge is 2.26. The lowest BCUT2D eigenvalue weighted by Gasteiger charge is -2.21. The van der Waals surface area contributed by atoms with E-state index in [-0.39, 0.29) is 16.6 Å². The first-order chi connectivity index (χ1) is 12.9. The van der Waals surface area contributed by atoms with Crippen molar-refractivity contribution in [3.8, 4) is 5.75 Å². The van der Waals surface area contributed by atoms with E-state index in [1.807, 2.05) is 17.5 Å². The first-order valence-corrected chi connectivity index (χ1v) is 11.0. The minimum atomic E-state index is -3.72. The number of hydrogen-bond donors (Lipinski definition) is 1. The van der Waals surface area contributed by atoms with E-state index in [4.69, 9.17) is 4.74 Å². The van der Waals surface area contributed by atoms with E-state index in [0.717, 1.165) is 4.88 Å². The molecule has 0 aliphatic heterocycles. The van der Waals surface area contributed by atoms with Gasteiger partial charge in [-0.25, -0.2) is 8.42 Å². The molecule has 27 heavy (non-hydrogen) atoms. The Morgan fingerprint density at radius 1 is 1.22 bits per heavy atom. The van der Waals surface area contributed by atoms with Gasteiger partial charge >= 0.3 is 0 Å². The minimum absolute atomic E-state index is 0.0492. The number of rotatable bonds is 9. The van der Waals surface area contributed by atoms with Crippen LogP contribution in [0.5, 0.6) is 5.75 Å². The second kappa shape index (κ2) is 9.68. The van der Waals surface area contributed by atoms with Crippen molar-refractivity contribution in [3.63, 3.8) is 0 Å². The third-order valence-corrected chi connectivity index (χ3v) is 6.69. The number of carbonyl (C=O) groups excluding carboxylic acids is 1. The van der Waals surface area contributed by atoms with Crippen LogP contribution in [0.3, 0.4) is 0 Å². The third kappa shape index (κ3) is 5.41. The van der Waals surface area contributed by atoms with Gasteiger partial charge in [0.1, 0.15) is 10.6 Å². The van der Waals surface area contributed by atoms with Crippen molar-refractivity contribution < 1.29 is 17.9 Å².